The van der Waals surface area contributed by atoms with Crippen molar-refractivity contribution in [3.8, 4) is 0 Å². The molecular weight excluding hydrogens is 202 g/mol. The standard InChI is InChI=1S/C9H7NOS2/c11-9(7-1-3-12-5-7)10-8-2-4-13-6-8/h1-6H,(H,10,11). The average molecular weight is 209 g/mol. The van der Waals surface area contributed by atoms with E-state index in [-0.39, 0.29) is 5.91 Å². The molecule has 1 N–H and O–H groups in total. The fraction of sp³-hybridized carbons (Fsp3) is 0. The zero-order valence-electron chi connectivity index (χ0n) is 6.69. The quantitative estimate of drug-likeness (QED) is 0.809. The lowest BCUT2D eigenvalue weighted by Crippen LogP contribution is -2.09. The normalized spacial score (nSPS) is 9.85. The minimum atomic E-state index is -0.0420. The van der Waals surface area contributed by atoms with Gasteiger partial charge < -0.3 is 5.32 Å². The topological polar surface area (TPSA) is 29.1 Å². The van der Waals surface area contributed by atoms with Gasteiger partial charge >= 0.3 is 0 Å². The lowest BCUT2D eigenvalue weighted by molar-refractivity contribution is 0.102. The Morgan fingerprint density at radius 1 is 1.15 bits per heavy atom. The molecular formula is C9H7NOS2. The van der Waals surface area contributed by atoms with Gasteiger partial charge in [-0.15, -0.1) is 0 Å². The van der Waals surface area contributed by atoms with Crippen LogP contribution in [0.4, 0.5) is 5.69 Å². The van der Waals surface area contributed by atoms with Crippen molar-refractivity contribution >= 4 is 34.3 Å². The van der Waals surface area contributed by atoms with Crippen molar-refractivity contribution in [3.05, 3.63) is 39.2 Å². The highest BCUT2D eigenvalue weighted by Crippen LogP contribution is 2.14. The van der Waals surface area contributed by atoms with Crippen LogP contribution in [0.25, 0.3) is 0 Å². The minimum Gasteiger partial charge on any atom is -0.321 e. The van der Waals surface area contributed by atoms with E-state index in [4.69, 9.17) is 0 Å². The molecule has 13 heavy (non-hydrogen) atoms. The number of carbonyl (C=O) groups is 1. The lowest BCUT2D eigenvalue weighted by Gasteiger charge is -1.98. The second-order valence-corrected chi connectivity index (χ2v) is 4.04. The van der Waals surface area contributed by atoms with Crippen LogP contribution >= 0.6 is 22.7 Å². The molecule has 66 valence electrons. The monoisotopic (exact) mass is 209 g/mol. The fourth-order valence-electron chi connectivity index (χ4n) is 0.933. The first kappa shape index (κ1) is 8.47. The SMILES string of the molecule is O=C(Nc1ccsc1)c1ccsc1. The highest BCUT2D eigenvalue weighted by molar-refractivity contribution is 7.08. The van der Waals surface area contributed by atoms with Crippen LogP contribution in [-0.4, -0.2) is 5.91 Å². The van der Waals surface area contributed by atoms with Crippen LogP contribution < -0.4 is 5.32 Å². The molecule has 1 amide bonds. The molecule has 0 aromatic carbocycles. The Morgan fingerprint density at radius 2 is 1.92 bits per heavy atom. The van der Waals surface area contributed by atoms with E-state index in [1.807, 2.05) is 33.7 Å². The van der Waals surface area contributed by atoms with Crippen LogP contribution in [0.3, 0.4) is 0 Å². The third kappa shape index (κ3) is 1.96. The van der Waals surface area contributed by atoms with Gasteiger partial charge in [-0.1, -0.05) is 0 Å². The first-order valence-corrected chi connectivity index (χ1v) is 5.60. The Balaban J connectivity index is 2.08. The summed E-state index contributed by atoms with van der Waals surface area (Å²) >= 11 is 3.09. The molecule has 0 fully saturated rings. The summed E-state index contributed by atoms with van der Waals surface area (Å²) in [7, 11) is 0. The van der Waals surface area contributed by atoms with Gasteiger partial charge in [0.15, 0.2) is 0 Å². The van der Waals surface area contributed by atoms with Crippen LogP contribution in [0, 0.1) is 0 Å². The molecule has 0 aliphatic carbocycles. The van der Waals surface area contributed by atoms with E-state index in [0.29, 0.717) is 0 Å². The molecule has 0 bridgehead atoms. The van der Waals surface area contributed by atoms with E-state index in [2.05, 4.69) is 5.32 Å². The van der Waals surface area contributed by atoms with Crippen molar-refractivity contribution in [3.63, 3.8) is 0 Å². The van der Waals surface area contributed by atoms with Crippen molar-refractivity contribution < 1.29 is 4.79 Å². The number of hydrogen-bond donors (Lipinski definition) is 1. The van der Waals surface area contributed by atoms with E-state index in [1.54, 1.807) is 11.3 Å². The highest BCUT2D eigenvalue weighted by Gasteiger charge is 2.05. The maximum atomic E-state index is 11.5. The summed E-state index contributed by atoms with van der Waals surface area (Å²) in [6, 6.07) is 3.70. The molecule has 0 spiro atoms. The second-order valence-electron chi connectivity index (χ2n) is 2.48. The lowest BCUT2D eigenvalue weighted by atomic mass is 10.3. The Labute approximate surface area is 83.8 Å². The van der Waals surface area contributed by atoms with Gasteiger partial charge in [0.25, 0.3) is 5.91 Å². The zero-order valence-corrected chi connectivity index (χ0v) is 8.32. The first-order valence-electron chi connectivity index (χ1n) is 3.72. The molecule has 2 aromatic heterocycles. The van der Waals surface area contributed by atoms with Gasteiger partial charge in [0.2, 0.25) is 0 Å². The van der Waals surface area contributed by atoms with Crippen LogP contribution in [0.15, 0.2) is 33.7 Å². The Bertz CT molecular complexity index is 378. The summed E-state index contributed by atoms with van der Waals surface area (Å²) in [4.78, 5) is 11.5. The van der Waals surface area contributed by atoms with Crippen molar-refractivity contribution in [1.29, 1.82) is 0 Å². The molecule has 0 aliphatic rings. The predicted molar refractivity (Wildman–Crippen MR) is 56.6 cm³/mol. The Morgan fingerprint density at radius 3 is 2.54 bits per heavy atom. The summed E-state index contributed by atoms with van der Waals surface area (Å²) in [6.45, 7) is 0. The first-order chi connectivity index (χ1) is 6.36. The van der Waals surface area contributed by atoms with Crippen molar-refractivity contribution in [2.45, 2.75) is 0 Å². The average Bonchev–Trinajstić information content (AvgIpc) is 2.74. The van der Waals surface area contributed by atoms with Crippen LogP contribution in [-0.2, 0) is 0 Å². The van der Waals surface area contributed by atoms with Gasteiger partial charge in [-0.3, -0.25) is 4.79 Å². The number of amides is 1. The largest absolute Gasteiger partial charge is 0.321 e. The summed E-state index contributed by atoms with van der Waals surface area (Å²) in [5.41, 5.74) is 1.58. The molecule has 0 saturated carbocycles. The highest BCUT2D eigenvalue weighted by atomic mass is 32.1. The molecule has 0 unspecified atom stereocenters. The Hall–Kier alpha value is -1.13. The predicted octanol–water partition coefficient (Wildman–Crippen LogP) is 3.06. The van der Waals surface area contributed by atoms with E-state index >= 15 is 0 Å². The van der Waals surface area contributed by atoms with Gasteiger partial charge in [0.1, 0.15) is 0 Å². The van der Waals surface area contributed by atoms with Crippen molar-refractivity contribution in [2.24, 2.45) is 0 Å². The van der Waals surface area contributed by atoms with E-state index < -0.39 is 0 Å². The smallest absolute Gasteiger partial charge is 0.256 e. The molecule has 2 rings (SSSR count). The number of thiophene rings is 2. The molecule has 0 saturated heterocycles. The van der Waals surface area contributed by atoms with E-state index in [9.17, 15) is 4.79 Å². The molecule has 2 nitrogen and oxygen atoms in total. The number of nitrogens with one attached hydrogen (secondary N) is 1. The van der Waals surface area contributed by atoms with Gasteiger partial charge in [0.05, 0.1) is 11.3 Å². The number of rotatable bonds is 2. The summed E-state index contributed by atoms with van der Waals surface area (Å²) in [5.74, 6) is -0.0420. The molecule has 0 atom stereocenters. The molecule has 2 heterocycles. The number of anilines is 1. The number of hydrogen-bond acceptors (Lipinski definition) is 3. The molecule has 2 aromatic rings. The summed E-state index contributed by atoms with van der Waals surface area (Å²) in [6.07, 6.45) is 0. The second kappa shape index (κ2) is 3.72. The van der Waals surface area contributed by atoms with Gasteiger partial charge in [-0.2, -0.15) is 22.7 Å². The molecule has 0 aliphatic heterocycles. The van der Waals surface area contributed by atoms with Crippen molar-refractivity contribution in [2.75, 3.05) is 5.32 Å². The van der Waals surface area contributed by atoms with Gasteiger partial charge in [0, 0.05) is 10.8 Å². The van der Waals surface area contributed by atoms with Crippen LogP contribution in [0.2, 0.25) is 0 Å². The van der Waals surface area contributed by atoms with Gasteiger partial charge in [-0.25, -0.2) is 0 Å². The fourth-order valence-corrected chi connectivity index (χ4v) is 2.16. The maximum Gasteiger partial charge on any atom is 0.256 e. The minimum absolute atomic E-state index is 0.0420. The van der Waals surface area contributed by atoms with Gasteiger partial charge in [-0.05, 0) is 22.9 Å². The summed E-state index contributed by atoms with van der Waals surface area (Å²) in [5, 5.41) is 10.4. The van der Waals surface area contributed by atoms with Crippen molar-refractivity contribution in [1.82, 2.24) is 0 Å². The van der Waals surface area contributed by atoms with Crippen LogP contribution in [0.5, 0.6) is 0 Å². The molecule has 4 heteroatoms. The third-order valence-electron chi connectivity index (χ3n) is 1.56. The van der Waals surface area contributed by atoms with Crippen LogP contribution in [0.1, 0.15) is 10.4 Å². The Kier molecular flexibility index (Phi) is 2.42. The third-order valence-corrected chi connectivity index (χ3v) is 2.93. The molecule has 0 radical (unpaired) electrons. The maximum absolute atomic E-state index is 11.5. The zero-order chi connectivity index (χ0) is 9.10. The number of carbonyl (C=O) groups excluding carboxylic acids is 1. The van der Waals surface area contributed by atoms with E-state index in [1.165, 1.54) is 11.3 Å². The summed E-state index contributed by atoms with van der Waals surface area (Å²) < 4.78 is 0. The van der Waals surface area contributed by atoms with E-state index in [0.717, 1.165) is 11.3 Å².